The lowest BCUT2D eigenvalue weighted by Crippen LogP contribution is -2.36. The summed E-state index contributed by atoms with van der Waals surface area (Å²) in [7, 11) is 0. The van der Waals surface area contributed by atoms with Crippen molar-refractivity contribution in [3.05, 3.63) is 29.8 Å². The first-order valence-corrected chi connectivity index (χ1v) is 8.98. The smallest absolute Gasteiger partial charge is 0.0917 e. The maximum absolute atomic E-state index is 11.1. The summed E-state index contributed by atoms with van der Waals surface area (Å²) < 4.78 is 5.40. The van der Waals surface area contributed by atoms with Crippen molar-refractivity contribution in [2.24, 2.45) is 0 Å². The Kier molecular flexibility index (Phi) is 3.64. The van der Waals surface area contributed by atoms with Gasteiger partial charge in [0.2, 0.25) is 0 Å². The van der Waals surface area contributed by atoms with Crippen molar-refractivity contribution >= 4 is 17.4 Å². The molecule has 1 aromatic carbocycles. The second kappa shape index (κ2) is 5.49. The topological polar surface area (TPSA) is 32.7 Å². The predicted molar refractivity (Wildman–Crippen MR) is 87.0 cm³/mol. The van der Waals surface area contributed by atoms with E-state index in [1.165, 1.54) is 18.5 Å². The Labute approximate surface area is 130 Å². The Hall–Kier alpha value is -0.710. The van der Waals surface area contributed by atoms with Crippen molar-refractivity contribution in [2.75, 3.05) is 31.2 Å². The molecule has 3 heterocycles. The van der Waals surface area contributed by atoms with Gasteiger partial charge in [-0.05, 0) is 43.4 Å². The van der Waals surface area contributed by atoms with Gasteiger partial charge in [0.25, 0.3) is 0 Å². The summed E-state index contributed by atoms with van der Waals surface area (Å²) in [6, 6.07) is 8.62. The second-order valence-corrected chi connectivity index (χ2v) is 8.15. The summed E-state index contributed by atoms with van der Waals surface area (Å²) in [5.41, 5.74) is 1.76. The Balaban J connectivity index is 1.53. The second-order valence-electron chi connectivity index (χ2n) is 6.54. The number of ether oxygens (including phenoxy) is 1. The van der Waals surface area contributed by atoms with Crippen LogP contribution in [-0.4, -0.2) is 41.9 Å². The summed E-state index contributed by atoms with van der Waals surface area (Å²) >= 11 is 2.09. The molecule has 0 radical (unpaired) electrons. The van der Waals surface area contributed by atoms with Gasteiger partial charge in [-0.15, -0.1) is 0 Å². The van der Waals surface area contributed by atoms with Crippen molar-refractivity contribution in [1.29, 1.82) is 0 Å². The van der Waals surface area contributed by atoms with Gasteiger partial charge in [-0.1, -0.05) is 12.1 Å². The van der Waals surface area contributed by atoms with E-state index in [4.69, 9.17) is 4.74 Å². The average molecular weight is 305 g/mol. The Morgan fingerprint density at radius 3 is 2.29 bits per heavy atom. The molecule has 3 fully saturated rings. The summed E-state index contributed by atoms with van der Waals surface area (Å²) in [6.45, 7) is 3.55. The molecule has 0 saturated carbocycles. The fourth-order valence-electron chi connectivity index (χ4n) is 3.96. The SMILES string of the molecule is OC1(c2ccc(N3CCOCC3)cc2)CC2CCC(C1)S2. The van der Waals surface area contributed by atoms with E-state index < -0.39 is 5.60 Å². The van der Waals surface area contributed by atoms with Gasteiger partial charge in [0.05, 0.1) is 18.8 Å². The van der Waals surface area contributed by atoms with Gasteiger partial charge in [0.1, 0.15) is 0 Å². The number of hydrogen-bond acceptors (Lipinski definition) is 4. The van der Waals surface area contributed by atoms with Crippen molar-refractivity contribution in [2.45, 2.75) is 41.8 Å². The van der Waals surface area contributed by atoms with Gasteiger partial charge in [-0.3, -0.25) is 0 Å². The molecule has 2 unspecified atom stereocenters. The number of hydrogen-bond donors (Lipinski definition) is 1. The van der Waals surface area contributed by atoms with E-state index in [0.717, 1.165) is 44.7 Å². The molecule has 2 atom stereocenters. The zero-order valence-corrected chi connectivity index (χ0v) is 13.1. The molecule has 2 bridgehead atoms. The first-order chi connectivity index (χ1) is 10.2. The fourth-order valence-corrected chi connectivity index (χ4v) is 5.79. The molecule has 0 aliphatic carbocycles. The minimum atomic E-state index is -0.597. The van der Waals surface area contributed by atoms with Crippen molar-refractivity contribution in [3.8, 4) is 0 Å². The first kappa shape index (κ1) is 13.9. The van der Waals surface area contributed by atoms with Crippen molar-refractivity contribution in [1.82, 2.24) is 0 Å². The normalized spacial score (nSPS) is 36.0. The molecular formula is C17H23NO2S. The molecule has 1 N–H and O–H groups in total. The molecule has 0 amide bonds. The van der Waals surface area contributed by atoms with Crippen LogP contribution in [-0.2, 0) is 10.3 Å². The number of thioether (sulfide) groups is 1. The lowest BCUT2D eigenvalue weighted by Gasteiger charge is -2.37. The predicted octanol–water partition coefficient (Wildman–Crippen LogP) is 2.77. The van der Waals surface area contributed by atoms with E-state index in [9.17, 15) is 5.11 Å². The van der Waals surface area contributed by atoms with E-state index in [-0.39, 0.29) is 0 Å². The van der Waals surface area contributed by atoms with Gasteiger partial charge >= 0.3 is 0 Å². The molecule has 114 valence electrons. The van der Waals surface area contributed by atoms with Crippen molar-refractivity contribution < 1.29 is 9.84 Å². The lowest BCUT2D eigenvalue weighted by molar-refractivity contribution is 0.0196. The van der Waals surface area contributed by atoms with Gasteiger partial charge in [0.15, 0.2) is 0 Å². The van der Waals surface area contributed by atoms with E-state index in [0.29, 0.717) is 10.5 Å². The molecule has 3 saturated heterocycles. The highest BCUT2D eigenvalue weighted by atomic mass is 32.2. The molecule has 3 nitrogen and oxygen atoms in total. The van der Waals surface area contributed by atoms with Gasteiger partial charge < -0.3 is 14.7 Å². The number of benzene rings is 1. The van der Waals surface area contributed by atoms with Crippen LogP contribution in [0.3, 0.4) is 0 Å². The van der Waals surface area contributed by atoms with Gasteiger partial charge in [0, 0.05) is 29.3 Å². The van der Waals surface area contributed by atoms with Crippen LogP contribution in [0, 0.1) is 0 Å². The third-order valence-corrected chi connectivity index (χ3v) is 6.68. The molecule has 4 heteroatoms. The summed E-state index contributed by atoms with van der Waals surface area (Å²) in [5.74, 6) is 0. The molecule has 4 rings (SSSR count). The average Bonchev–Trinajstić information content (AvgIpc) is 2.88. The quantitative estimate of drug-likeness (QED) is 0.911. The number of anilines is 1. The minimum Gasteiger partial charge on any atom is -0.385 e. The first-order valence-electron chi connectivity index (χ1n) is 8.04. The highest BCUT2D eigenvalue weighted by Crippen LogP contribution is 2.51. The number of morpholine rings is 1. The summed E-state index contributed by atoms with van der Waals surface area (Å²) in [5, 5.41) is 12.4. The lowest BCUT2D eigenvalue weighted by atomic mass is 9.86. The van der Waals surface area contributed by atoms with Crippen LogP contribution < -0.4 is 4.90 Å². The molecule has 3 aliphatic rings. The highest BCUT2D eigenvalue weighted by Gasteiger charge is 2.44. The number of nitrogens with zero attached hydrogens (tertiary/aromatic N) is 1. The van der Waals surface area contributed by atoms with E-state index in [1.807, 2.05) is 0 Å². The van der Waals surface area contributed by atoms with Crippen molar-refractivity contribution in [3.63, 3.8) is 0 Å². The summed E-state index contributed by atoms with van der Waals surface area (Å²) in [6.07, 6.45) is 4.41. The standard InChI is InChI=1S/C17H23NO2S/c19-17(11-15-5-6-16(12-17)21-15)13-1-3-14(4-2-13)18-7-9-20-10-8-18/h1-4,15-16,19H,5-12H2. The van der Waals surface area contributed by atoms with Crippen LogP contribution in [0.25, 0.3) is 0 Å². The van der Waals surface area contributed by atoms with E-state index in [1.54, 1.807) is 0 Å². The van der Waals surface area contributed by atoms with Crippen LogP contribution in [0.15, 0.2) is 24.3 Å². The summed E-state index contributed by atoms with van der Waals surface area (Å²) in [4.78, 5) is 2.36. The van der Waals surface area contributed by atoms with E-state index >= 15 is 0 Å². The molecule has 0 spiro atoms. The van der Waals surface area contributed by atoms with E-state index in [2.05, 4.69) is 40.9 Å². The van der Waals surface area contributed by atoms with Crippen LogP contribution in [0.4, 0.5) is 5.69 Å². The maximum Gasteiger partial charge on any atom is 0.0917 e. The highest BCUT2D eigenvalue weighted by molar-refractivity contribution is 8.00. The molecule has 1 aromatic rings. The van der Waals surface area contributed by atoms with Crippen LogP contribution in [0.1, 0.15) is 31.2 Å². The third kappa shape index (κ3) is 2.69. The monoisotopic (exact) mass is 305 g/mol. The Morgan fingerprint density at radius 2 is 1.67 bits per heavy atom. The zero-order valence-electron chi connectivity index (χ0n) is 12.3. The van der Waals surface area contributed by atoms with Gasteiger partial charge in [-0.25, -0.2) is 0 Å². The molecule has 3 aliphatic heterocycles. The minimum absolute atomic E-state index is 0.597. The fraction of sp³-hybridized carbons (Fsp3) is 0.647. The van der Waals surface area contributed by atoms with Gasteiger partial charge in [-0.2, -0.15) is 11.8 Å². The molecule has 0 aromatic heterocycles. The van der Waals surface area contributed by atoms with Crippen LogP contribution in [0.2, 0.25) is 0 Å². The Morgan fingerprint density at radius 1 is 1.05 bits per heavy atom. The maximum atomic E-state index is 11.1. The largest absolute Gasteiger partial charge is 0.385 e. The zero-order chi connectivity index (χ0) is 14.3. The molecular weight excluding hydrogens is 282 g/mol. The number of rotatable bonds is 2. The van der Waals surface area contributed by atoms with Crippen LogP contribution in [0.5, 0.6) is 0 Å². The number of aliphatic hydroxyl groups is 1. The Bertz CT molecular complexity index is 486. The number of fused-ring (bicyclic) bond motifs is 2. The van der Waals surface area contributed by atoms with Crippen LogP contribution >= 0.6 is 11.8 Å². The third-order valence-electron chi connectivity index (χ3n) is 5.11. The molecule has 21 heavy (non-hydrogen) atoms.